The smallest absolute Gasteiger partial charge is 0.268 e. The molecule has 1 saturated carbocycles. The predicted molar refractivity (Wildman–Crippen MR) is 116 cm³/mol. The van der Waals surface area contributed by atoms with E-state index in [-0.39, 0.29) is 22.8 Å². The summed E-state index contributed by atoms with van der Waals surface area (Å²) in [6, 6.07) is 8.16. The highest BCUT2D eigenvalue weighted by atomic mass is 19.1. The standard InChI is InChI=1S/C24H30FN3O2/c1-18-12-15-28(21-10-8-19(25)9-11-21)24(30)22(18)23(29)27-14-5-13-26(16-17-27)20-6-3-2-4-7-20/h8-12,15,20H,2-7,13-14,16-17H2,1H3. The monoisotopic (exact) mass is 411 g/mol. The minimum absolute atomic E-state index is 0.195. The number of hydrogen-bond acceptors (Lipinski definition) is 3. The van der Waals surface area contributed by atoms with E-state index in [0.29, 0.717) is 30.4 Å². The first-order valence-electron chi connectivity index (χ1n) is 11.1. The normalized spacial score (nSPS) is 18.9. The molecule has 0 spiro atoms. The van der Waals surface area contributed by atoms with Gasteiger partial charge in [-0.2, -0.15) is 0 Å². The molecular weight excluding hydrogens is 381 g/mol. The van der Waals surface area contributed by atoms with Crippen molar-refractivity contribution in [1.29, 1.82) is 0 Å². The van der Waals surface area contributed by atoms with Crippen LogP contribution >= 0.6 is 0 Å². The van der Waals surface area contributed by atoms with Gasteiger partial charge in [-0.1, -0.05) is 19.3 Å². The summed E-state index contributed by atoms with van der Waals surface area (Å²) >= 11 is 0. The SMILES string of the molecule is Cc1ccn(-c2ccc(F)cc2)c(=O)c1C(=O)N1CCCN(C2CCCCC2)CC1. The third-order valence-corrected chi connectivity index (χ3v) is 6.53. The molecule has 2 aliphatic rings. The average Bonchev–Trinajstić information content (AvgIpc) is 3.02. The number of nitrogens with zero attached hydrogens (tertiary/aromatic N) is 3. The molecule has 0 N–H and O–H groups in total. The Labute approximate surface area is 177 Å². The summed E-state index contributed by atoms with van der Waals surface area (Å²) in [5, 5.41) is 0. The van der Waals surface area contributed by atoms with Gasteiger partial charge in [0.05, 0.1) is 0 Å². The van der Waals surface area contributed by atoms with Crippen LogP contribution in [-0.4, -0.2) is 52.5 Å². The van der Waals surface area contributed by atoms with Crippen molar-refractivity contribution in [1.82, 2.24) is 14.4 Å². The lowest BCUT2D eigenvalue weighted by Gasteiger charge is -2.33. The van der Waals surface area contributed by atoms with E-state index in [2.05, 4.69) is 4.90 Å². The van der Waals surface area contributed by atoms with Crippen LogP contribution in [0.5, 0.6) is 0 Å². The molecule has 6 heteroatoms. The van der Waals surface area contributed by atoms with Gasteiger partial charge in [-0.05, 0) is 62.1 Å². The number of amides is 1. The van der Waals surface area contributed by atoms with Crippen molar-refractivity contribution < 1.29 is 9.18 Å². The van der Waals surface area contributed by atoms with Crippen molar-refractivity contribution in [2.75, 3.05) is 26.2 Å². The van der Waals surface area contributed by atoms with E-state index < -0.39 is 0 Å². The van der Waals surface area contributed by atoms with Crippen LogP contribution in [0.3, 0.4) is 0 Å². The molecule has 2 aromatic rings. The Morgan fingerprint density at radius 1 is 0.933 bits per heavy atom. The maximum absolute atomic E-state index is 13.3. The molecule has 0 bridgehead atoms. The number of carbonyl (C=O) groups excluding carboxylic acids is 1. The third kappa shape index (κ3) is 4.33. The zero-order valence-corrected chi connectivity index (χ0v) is 17.6. The van der Waals surface area contributed by atoms with Crippen LogP contribution in [-0.2, 0) is 0 Å². The molecule has 0 radical (unpaired) electrons. The number of aryl methyl sites for hydroxylation is 1. The van der Waals surface area contributed by atoms with E-state index in [1.165, 1.54) is 48.8 Å². The molecule has 2 heterocycles. The average molecular weight is 412 g/mol. The molecule has 1 aromatic heterocycles. The fourth-order valence-electron chi connectivity index (χ4n) is 4.80. The van der Waals surface area contributed by atoms with Gasteiger partial charge in [0.15, 0.2) is 0 Å². The highest BCUT2D eigenvalue weighted by Crippen LogP contribution is 2.24. The van der Waals surface area contributed by atoms with Gasteiger partial charge < -0.3 is 4.90 Å². The van der Waals surface area contributed by atoms with Gasteiger partial charge in [0, 0.05) is 44.1 Å². The lowest BCUT2D eigenvalue weighted by atomic mass is 9.94. The molecule has 1 aromatic carbocycles. The highest BCUT2D eigenvalue weighted by Gasteiger charge is 2.27. The number of pyridine rings is 1. The Morgan fingerprint density at radius 3 is 2.40 bits per heavy atom. The largest absolute Gasteiger partial charge is 0.337 e. The molecule has 1 aliphatic heterocycles. The summed E-state index contributed by atoms with van der Waals surface area (Å²) in [5.74, 6) is -0.554. The Balaban J connectivity index is 1.55. The van der Waals surface area contributed by atoms with Gasteiger partial charge in [0.25, 0.3) is 11.5 Å². The third-order valence-electron chi connectivity index (χ3n) is 6.53. The van der Waals surface area contributed by atoms with Gasteiger partial charge in [-0.15, -0.1) is 0 Å². The van der Waals surface area contributed by atoms with Crippen LogP contribution in [0, 0.1) is 12.7 Å². The second-order valence-corrected chi connectivity index (χ2v) is 8.50. The molecule has 1 amide bonds. The number of hydrogen-bond donors (Lipinski definition) is 0. The first kappa shape index (κ1) is 20.8. The zero-order valence-electron chi connectivity index (χ0n) is 17.6. The molecule has 1 aliphatic carbocycles. The van der Waals surface area contributed by atoms with E-state index >= 15 is 0 Å². The van der Waals surface area contributed by atoms with Gasteiger partial charge in [-0.25, -0.2) is 4.39 Å². The molecular formula is C24H30FN3O2. The van der Waals surface area contributed by atoms with Crippen molar-refractivity contribution >= 4 is 5.91 Å². The van der Waals surface area contributed by atoms with E-state index in [9.17, 15) is 14.0 Å². The number of halogens is 1. The van der Waals surface area contributed by atoms with Crippen LogP contribution in [0.2, 0.25) is 0 Å². The van der Waals surface area contributed by atoms with E-state index in [1.807, 2.05) is 4.90 Å². The second-order valence-electron chi connectivity index (χ2n) is 8.50. The lowest BCUT2D eigenvalue weighted by Crippen LogP contribution is -2.41. The van der Waals surface area contributed by atoms with E-state index in [0.717, 1.165) is 19.5 Å². The summed E-state index contributed by atoms with van der Waals surface area (Å²) < 4.78 is 14.7. The maximum Gasteiger partial charge on any atom is 0.268 e. The number of benzene rings is 1. The van der Waals surface area contributed by atoms with Crippen molar-refractivity contribution in [2.24, 2.45) is 0 Å². The summed E-state index contributed by atoms with van der Waals surface area (Å²) in [6.45, 7) is 5.01. The van der Waals surface area contributed by atoms with Gasteiger partial charge in [-0.3, -0.25) is 19.1 Å². The molecule has 2 fully saturated rings. The predicted octanol–water partition coefficient (Wildman–Crippen LogP) is 3.77. The molecule has 5 nitrogen and oxygen atoms in total. The molecule has 1 saturated heterocycles. The van der Waals surface area contributed by atoms with E-state index in [4.69, 9.17) is 0 Å². The second kappa shape index (κ2) is 9.13. The molecule has 0 unspecified atom stereocenters. The van der Waals surface area contributed by atoms with Crippen molar-refractivity contribution in [3.8, 4) is 5.69 Å². The van der Waals surface area contributed by atoms with Crippen LogP contribution in [0.15, 0.2) is 41.3 Å². The van der Waals surface area contributed by atoms with Crippen molar-refractivity contribution in [2.45, 2.75) is 51.5 Å². The fraction of sp³-hybridized carbons (Fsp3) is 0.500. The van der Waals surface area contributed by atoms with Gasteiger partial charge >= 0.3 is 0 Å². The molecule has 4 rings (SSSR count). The summed E-state index contributed by atoms with van der Waals surface area (Å²) in [6.07, 6.45) is 9.03. The minimum Gasteiger partial charge on any atom is -0.337 e. The van der Waals surface area contributed by atoms with Crippen molar-refractivity contribution in [3.63, 3.8) is 0 Å². The number of rotatable bonds is 3. The lowest BCUT2D eigenvalue weighted by molar-refractivity contribution is 0.0752. The maximum atomic E-state index is 13.3. The van der Waals surface area contributed by atoms with Crippen LogP contribution in [0.1, 0.15) is 54.4 Å². The zero-order chi connectivity index (χ0) is 21.1. The first-order chi connectivity index (χ1) is 14.5. The van der Waals surface area contributed by atoms with Crippen molar-refractivity contribution in [3.05, 3.63) is 63.8 Å². The van der Waals surface area contributed by atoms with Crippen LogP contribution in [0.25, 0.3) is 5.69 Å². The first-order valence-corrected chi connectivity index (χ1v) is 11.1. The highest BCUT2D eigenvalue weighted by molar-refractivity contribution is 5.95. The Hall–Kier alpha value is -2.47. The topological polar surface area (TPSA) is 45.6 Å². The summed E-state index contributed by atoms with van der Waals surface area (Å²) in [7, 11) is 0. The Bertz CT molecular complexity index is 948. The summed E-state index contributed by atoms with van der Waals surface area (Å²) in [4.78, 5) is 30.9. The molecule has 160 valence electrons. The molecule has 0 atom stereocenters. The quantitative estimate of drug-likeness (QED) is 0.773. The van der Waals surface area contributed by atoms with Crippen LogP contribution < -0.4 is 5.56 Å². The van der Waals surface area contributed by atoms with E-state index in [1.54, 1.807) is 31.3 Å². The molecule has 30 heavy (non-hydrogen) atoms. The Kier molecular flexibility index (Phi) is 6.32. The number of carbonyl (C=O) groups is 1. The van der Waals surface area contributed by atoms with Gasteiger partial charge in [0.2, 0.25) is 0 Å². The fourth-order valence-corrected chi connectivity index (χ4v) is 4.80. The Morgan fingerprint density at radius 2 is 1.67 bits per heavy atom. The summed E-state index contributed by atoms with van der Waals surface area (Å²) in [5.41, 5.74) is 1.10. The van der Waals surface area contributed by atoms with Gasteiger partial charge in [0.1, 0.15) is 11.4 Å². The van der Waals surface area contributed by atoms with Crippen LogP contribution in [0.4, 0.5) is 4.39 Å². The number of aromatic nitrogens is 1. The minimum atomic E-state index is -0.359.